The minimum absolute atomic E-state index is 0.0572. The first-order chi connectivity index (χ1) is 6.52. The van der Waals surface area contributed by atoms with Gasteiger partial charge in [-0.2, -0.15) is 10.5 Å². The van der Waals surface area contributed by atoms with E-state index in [1.165, 1.54) is 0 Å². The first kappa shape index (κ1) is 12.9. The molecule has 1 atom stereocenters. The summed E-state index contributed by atoms with van der Waals surface area (Å²) in [5.41, 5.74) is 0.144. The third kappa shape index (κ3) is 6.46. The molecule has 0 bridgehead atoms. The van der Waals surface area contributed by atoms with E-state index in [1.54, 1.807) is 0 Å². The van der Waals surface area contributed by atoms with Crippen molar-refractivity contribution in [3.63, 3.8) is 0 Å². The molecule has 0 aromatic rings. The van der Waals surface area contributed by atoms with Crippen molar-refractivity contribution in [2.45, 2.75) is 33.6 Å². The van der Waals surface area contributed by atoms with Crippen LogP contribution in [-0.4, -0.2) is 13.1 Å². The van der Waals surface area contributed by atoms with Crippen LogP contribution in [0.15, 0.2) is 0 Å². The van der Waals surface area contributed by atoms with Crippen LogP contribution in [0, 0.1) is 34.0 Å². The van der Waals surface area contributed by atoms with Gasteiger partial charge in [0.05, 0.1) is 18.1 Å². The maximum atomic E-state index is 8.57. The normalized spacial score (nSPS) is 12.9. The predicted molar refractivity (Wildman–Crippen MR) is 56.3 cm³/mol. The fourth-order valence-electron chi connectivity index (χ4n) is 1.16. The molecular weight excluding hydrogens is 174 g/mol. The molecule has 0 aliphatic rings. The minimum Gasteiger partial charge on any atom is -0.315 e. The molecule has 0 fully saturated rings. The molecule has 1 unspecified atom stereocenters. The lowest BCUT2D eigenvalue weighted by Gasteiger charge is -2.24. The summed E-state index contributed by atoms with van der Waals surface area (Å²) in [6.07, 6.45) is 1.50. The van der Waals surface area contributed by atoms with Gasteiger partial charge in [0.1, 0.15) is 0 Å². The Morgan fingerprint density at radius 2 is 2.00 bits per heavy atom. The van der Waals surface area contributed by atoms with E-state index in [2.05, 4.69) is 31.3 Å². The molecule has 3 heteroatoms. The first-order valence-corrected chi connectivity index (χ1v) is 4.99. The second kappa shape index (κ2) is 6.40. The fourth-order valence-corrected chi connectivity index (χ4v) is 1.16. The van der Waals surface area contributed by atoms with Gasteiger partial charge in [-0.15, -0.1) is 0 Å². The van der Waals surface area contributed by atoms with Gasteiger partial charge in [0, 0.05) is 19.5 Å². The smallest absolute Gasteiger partial charge is 0.0666 e. The van der Waals surface area contributed by atoms with Crippen molar-refractivity contribution in [1.82, 2.24) is 5.32 Å². The Morgan fingerprint density at radius 3 is 2.50 bits per heavy atom. The van der Waals surface area contributed by atoms with Crippen LogP contribution in [0.3, 0.4) is 0 Å². The number of nitrogens with one attached hydrogen (secondary N) is 1. The molecular formula is C11H19N3. The summed E-state index contributed by atoms with van der Waals surface area (Å²) in [5, 5.41) is 20.3. The lowest BCUT2D eigenvalue weighted by Crippen LogP contribution is -2.32. The third-order valence-corrected chi connectivity index (χ3v) is 2.19. The Kier molecular flexibility index (Phi) is 5.92. The van der Waals surface area contributed by atoms with Crippen LogP contribution >= 0.6 is 0 Å². The summed E-state index contributed by atoms with van der Waals surface area (Å²) in [5.74, 6) is 0.0572. The Labute approximate surface area is 86.7 Å². The van der Waals surface area contributed by atoms with E-state index in [4.69, 9.17) is 10.5 Å². The maximum Gasteiger partial charge on any atom is 0.0666 e. The van der Waals surface area contributed by atoms with Gasteiger partial charge in [0.25, 0.3) is 0 Å². The van der Waals surface area contributed by atoms with E-state index in [9.17, 15) is 0 Å². The van der Waals surface area contributed by atoms with Crippen molar-refractivity contribution in [2.75, 3.05) is 13.1 Å². The van der Waals surface area contributed by atoms with Gasteiger partial charge in [-0.05, 0) is 18.8 Å². The summed E-state index contributed by atoms with van der Waals surface area (Å²) in [6, 6.07) is 4.33. The molecule has 0 aromatic heterocycles. The standard InChI is InChI=1S/C11H19N3/c1-10(7-13)8-14-9-11(2,3)5-4-6-12/h10,14H,4-5,8-9H2,1-3H3. The molecule has 0 aromatic carbocycles. The van der Waals surface area contributed by atoms with Crippen LogP contribution in [0.2, 0.25) is 0 Å². The Morgan fingerprint density at radius 1 is 1.36 bits per heavy atom. The molecule has 1 N–H and O–H groups in total. The van der Waals surface area contributed by atoms with E-state index >= 15 is 0 Å². The predicted octanol–water partition coefficient (Wildman–Crippen LogP) is 2.07. The highest BCUT2D eigenvalue weighted by Gasteiger charge is 2.16. The third-order valence-electron chi connectivity index (χ3n) is 2.19. The minimum atomic E-state index is 0.0572. The topological polar surface area (TPSA) is 59.6 Å². The molecule has 0 saturated heterocycles. The van der Waals surface area contributed by atoms with Gasteiger partial charge in [-0.25, -0.2) is 0 Å². The van der Waals surface area contributed by atoms with E-state index in [0.717, 1.165) is 19.5 Å². The SMILES string of the molecule is CC(C#N)CNCC(C)(C)CCC#N. The summed E-state index contributed by atoms with van der Waals surface area (Å²) >= 11 is 0. The van der Waals surface area contributed by atoms with Crippen molar-refractivity contribution in [1.29, 1.82) is 10.5 Å². The quantitative estimate of drug-likeness (QED) is 0.702. The second-order valence-electron chi connectivity index (χ2n) is 4.48. The van der Waals surface area contributed by atoms with Gasteiger partial charge in [-0.3, -0.25) is 0 Å². The highest BCUT2D eigenvalue weighted by atomic mass is 14.9. The second-order valence-corrected chi connectivity index (χ2v) is 4.48. The van der Waals surface area contributed by atoms with Crippen molar-refractivity contribution < 1.29 is 0 Å². The molecule has 0 radical (unpaired) electrons. The lowest BCUT2D eigenvalue weighted by molar-refractivity contribution is 0.315. The molecule has 14 heavy (non-hydrogen) atoms. The van der Waals surface area contributed by atoms with Gasteiger partial charge in [0.15, 0.2) is 0 Å². The molecule has 78 valence electrons. The summed E-state index contributed by atoms with van der Waals surface area (Å²) in [6.45, 7) is 7.76. The summed E-state index contributed by atoms with van der Waals surface area (Å²) in [7, 11) is 0. The van der Waals surface area contributed by atoms with E-state index in [-0.39, 0.29) is 11.3 Å². The van der Waals surface area contributed by atoms with Crippen molar-refractivity contribution >= 4 is 0 Å². The van der Waals surface area contributed by atoms with E-state index < -0.39 is 0 Å². The van der Waals surface area contributed by atoms with Gasteiger partial charge in [-0.1, -0.05) is 13.8 Å². The van der Waals surface area contributed by atoms with Crippen molar-refractivity contribution in [2.24, 2.45) is 11.3 Å². The van der Waals surface area contributed by atoms with Crippen LogP contribution < -0.4 is 5.32 Å². The summed E-state index contributed by atoms with van der Waals surface area (Å²) in [4.78, 5) is 0. The number of hydrogen-bond donors (Lipinski definition) is 1. The molecule has 0 rings (SSSR count). The average Bonchev–Trinajstić information content (AvgIpc) is 2.14. The lowest BCUT2D eigenvalue weighted by atomic mass is 9.88. The van der Waals surface area contributed by atoms with E-state index in [0.29, 0.717) is 6.42 Å². The van der Waals surface area contributed by atoms with Gasteiger partial charge in [0.2, 0.25) is 0 Å². The van der Waals surface area contributed by atoms with Crippen molar-refractivity contribution in [3.05, 3.63) is 0 Å². The Hall–Kier alpha value is -1.06. The molecule has 0 spiro atoms. The van der Waals surface area contributed by atoms with Crippen LogP contribution in [0.5, 0.6) is 0 Å². The maximum absolute atomic E-state index is 8.57. The molecule has 0 heterocycles. The van der Waals surface area contributed by atoms with Crippen LogP contribution in [0.25, 0.3) is 0 Å². The van der Waals surface area contributed by atoms with Crippen molar-refractivity contribution in [3.8, 4) is 12.1 Å². The molecule has 0 aliphatic carbocycles. The Balaban J connectivity index is 3.67. The van der Waals surface area contributed by atoms with Crippen LogP contribution in [0.4, 0.5) is 0 Å². The van der Waals surface area contributed by atoms with Crippen LogP contribution in [-0.2, 0) is 0 Å². The average molecular weight is 193 g/mol. The van der Waals surface area contributed by atoms with Gasteiger partial charge < -0.3 is 5.32 Å². The van der Waals surface area contributed by atoms with Crippen LogP contribution in [0.1, 0.15) is 33.6 Å². The monoisotopic (exact) mass is 193 g/mol. The molecule has 0 saturated carbocycles. The zero-order valence-corrected chi connectivity index (χ0v) is 9.30. The van der Waals surface area contributed by atoms with Gasteiger partial charge >= 0.3 is 0 Å². The first-order valence-electron chi connectivity index (χ1n) is 4.99. The summed E-state index contributed by atoms with van der Waals surface area (Å²) < 4.78 is 0. The Bertz CT molecular complexity index is 232. The molecule has 0 aliphatic heterocycles. The highest BCUT2D eigenvalue weighted by molar-refractivity contribution is 4.83. The number of nitrogens with zero attached hydrogens (tertiary/aromatic N) is 2. The van der Waals surface area contributed by atoms with E-state index in [1.807, 2.05) is 6.92 Å². The highest BCUT2D eigenvalue weighted by Crippen LogP contribution is 2.20. The zero-order chi connectivity index (χ0) is 11.0. The number of hydrogen-bond acceptors (Lipinski definition) is 3. The zero-order valence-electron chi connectivity index (χ0n) is 9.30. The fraction of sp³-hybridized carbons (Fsp3) is 0.818. The molecule has 0 amide bonds. The molecule has 3 nitrogen and oxygen atoms in total. The number of rotatable bonds is 6. The number of nitriles is 2. The largest absolute Gasteiger partial charge is 0.315 e.